The van der Waals surface area contributed by atoms with Crippen LogP contribution < -0.4 is 5.73 Å². The van der Waals surface area contributed by atoms with E-state index in [0.29, 0.717) is 5.69 Å². The Kier molecular flexibility index (Phi) is 3.91. The maximum Gasteiger partial charge on any atom is 0.0252 e. The quantitative estimate of drug-likeness (QED) is 0.383. The zero-order valence-corrected chi connectivity index (χ0v) is 8.59. The number of nitrogen functional groups attached to an aromatic ring is 1. The Labute approximate surface area is 85.3 Å². The summed E-state index contributed by atoms with van der Waals surface area (Å²) in [5.41, 5.74) is 6.69. The summed E-state index contributed by atoms with van der Waals surface area (Å²) in [5, 5.41) is 8.89. The molecule has 51 valence electrons. The monoisotopic (exact) mass is 211 g/mol. The molecule has 2 nitrogen and oxygen atoms in total. The smallest absolute Gasteiger partial charge is 0.0252 e. The number of hydrogen-bond acceptors (Lipinski definition) is 2. The van der Waals surface area contributed by atoms with Gasteiger partial charge in [-0.15, -0.1) is 12.1 Å². The van der Waals surface area contributed by atoms with Gasteiger partial charge < -0.3 is 10.8 Å². The van der Waals surface area contributed by atoms with Crippen LogP contribution in [0, 0.1) is 13.0 Å². The van der Waals surface area contributed by atoms with Crippen molar-refractivity contribution < 1.29 is 37.8 Å². The van der Waals surface area contributed by atoms with E-state index in [0.717, 1.165) is 5.56 Å². The molecule has 3 heteroatoms. The topological polar surface area (TPSA) is 46.2 Å². The maximum absolute atomic E-state index is 8.89. The van der Waals surface area contributed by atoms with Crippen LogP contribution in [-0.4, -0.2) is 5.11 Å². The van der Waals surface area contributed by atoms with Crippen molar-refractivity contribution in [2.24, 2.45) is 0 Å². The molecular formula is C7H8NOY-. The summed E-state index contributed by atoms with van der Waals surface area (Å²) in [6.07, 6.45) is 0. The number of rotatable bonds is 0. The minimum atomic E-state index is 0. The fraction of sp³-hybridized carbons (Fsp3) is 0.143. The van der Waals surface area contributed by atoms with Gasteiger partial charge in [0.2, 0.25) is 0 Å². The summed E-state index contributed by atoms with van der Waals surface area (Å²) in [7, 11) is 0. The second kappa shape index (κ2) is 3.94. The van der Waals surface area contributed by atoms with Crippen LogP contribution in [-0.2, 0) is 32.7 Å². The van der Waals surface area contributed by atoms with E-state index in [1.165, 1.54) is 6.07 Å². The van der Waals surface area contributed by atoms with Gasteiger partial charge in [0.15, 0.2) is 0 Å². The first-order valence-electron chi connectivity index (χ1n) is 2.67. The molecule has 0 atom stereocenters. The summed E-state index contributed by atoms with van der Waals surface area (Å²) >= 11 is 0. The molecule has 0 heterocycles. The van der Waals surface area contributed by atoms with E-state index in [-0.39, 0.29) is 38.5 Å². The molecule has 0 aromatic heterocycles. The Bertz CT molecular complexity index is 225. The van der Waals surface area contributed by atoms with Crippen LogP contribution in [0.25, 0.3) is 0 Å². The molecule has 3 N–H and O–H groups in total. The molecule has 1 rings (SSSR count). The van der Waals surface area contributed by atoms with Gasteiger partial charge in [-0.1, -0.05) is 6.92 Å². The van der Waals surface area contributed by atoms with E-state index < -0.39 is 0 Å². The molecule has 0 unspecified atom stereocenters. The summed E-state index contributed by atoms with van der Waals surface area (Å²) < 4.78 is 0. The van der Waals surface area contributed by atoms with Crippen LogP contribution in [0.1, 0.15) is 5.56 Å². The summed E-state index contributed by atoms with van der Waals surface area (Å²) in [5.74, 6) is 0.0978. The number of anilines is 1. The number of aryl methyl sites for hydroxylation is 1. The van der Waals surface area contributed by atoms with Crippen molar-refractivity contribution >= 4 is 5.69 Å². The van der Waals surface area contributed by atoms with Crippen LogP contribution in [0.5, 0.6) is 5.75 Å². The van der Waals surface area contributed by atoms with E-state index in [1.807, 2.05) is 6.92 Å². The van der Waals surface area contributed by atoms with Crippen molar-refractivity contribution in [3.63, 3.8) is 0 Å². The van der Waals surface area contributed by atoms with Gasteiger partial charge in [0.05, 0.1) is 0 Å². The molecule has 10 heavy (non-hydrogen) atoms. The molecule has 0 spiro atoms. The average Bonchev–Trinajstić information content (AvgIpc) is 1.80. The number of phenols is 1. The van der Waals surface area contributed by atoms with Crippen LogP contribution in [0.4, 0.5) is 5.69 Å². The molecule has 0 bridgehead atoms. The zero-order valence-electron chi connectivity index (χ0n) is 5.76. The van der Waals surface area contributed by atoms with Gasteiger partial charge in [-0.3, -0.25) is 0 Å². The second-order valence-corrected chi connectivity index (χ2v) is 1.96. The van der Waals surface area contributed by atoms with Gasteiger partial charge in [0, 0.05) is 38.5 Å². The number of nitrogens with two attached hydrogens (primary N) is 1. The van der Waals surface area contributed by atoms with Crippen LogP contribution in [0.15, 0.2) is 12.1 Å². The van der Waals surface area contributed by atoms with Gasteiger partial charge in [0.25, 0.3) is 0 Å². The summed E-state index contributed by atoms with van der Waals surface area (Å²) in [6.45, 7) is 1.87. The minimum absolute atomic E-state index is 0. The first kappa shape index (κ1) is 9.92. The summed E-state index contributed by atoms with van der Waals surface area (Å²) in [6, 6.07) is 5.95. The Morgan fingerprint density at radius 3 is 2.60 bits per heavy atom. The Hall–Kier alpha value is -0.0761. The second-order valence-electron chi connectivity index (χ2n) is 1.96. The SMILES string of the molecule is Cc1[c-]cc(O)c(N)c1.[Y]. The molecular weight excluding hydrogens is 203 g/mol. The van der Waals surface area contributed by atoms with Gasteiger partial charge in [-0.05, 0) is 5.69 Å². The molecule has 0 amide bonds. The van der Waals surface area contributed by atoms with Gasteiger partial charge in [-0.2, -0.15) is 11.6 Å². The van der Waals surface area contributed by atoms with Crippen LogP contribution >= 0.6 is 0 Å². The van der Waals surface area contributed by atoms with Crippen LogP contribution in [0.3, 0.4) is 0 Å². The van der Waals surface area contributed by atoms with Crippen molar-refractivity contribution in [1.82, 2.24) is 0 Å². The summed E-state index contributed by atoms with van der Waals surface area (Å²) in [4.78, 5) is 0. The average molecular weight is 211 g/mol. The first-order valence-corrected chi connectivity index (χ1v) is 2.67. The van der Waals surface area contributed by atoms with E-state index >= 15 is 0 Å². The predicted molar refractivity (Wildman–Crippen MR) is 36.1 cm³/mol. The third kappa shape index (κ3) is 2.27. The molecule has 0 aliphatic rings. The number of aromatic hydroxyl groups is 1. The van der Waals surface area contributed by atoms with E-state index in [4.69, 9.17) is 10.8 Å². The number of phenolic OH excluding ortho intramolecular Hbond substituents is 1. The van der Waals surface area contributed by atoms with Gasteiger partial charge in [0.1, 0.15) is 0 Å². The number of benzene rings is 1. The van der Waals surface area contributed by atoms with Gasteiger partial charge in [-0.25, -0.2) is 0 Å². The van der Waals surface area contributed by atoms with Crippen molar-refractivity contribution in [1.29, 1.82) is 0 Å². The molecule has 0 aliphatic carbocycles. The maximum atomic E-state index is 8.89. The fourth-order valence-corrected chi connectivity index (χ4v) is 0.614. The van der Waals surface area contributed by atoms with Crippen LogP contribution in [0.2, 0.25) is 0 Å². The standard InChI is InChI=1S/C7H8NO.Y/c1-5-2-3-7(9)6(8)4-5;/h3-4,9H,8H2,1H3;/q-1;. The minimum Gasteiger partial charge on any atom is -0.564 e. The largest absolute Gasteiger partial charge is 0.564 e. The third-order valence-electron chi connectivity index (χ3n) is 1.10. The molecule has 1 radical (unpaired) electrons. The van der Waals surface area contributed by atoms with Crippen molar-refractivity contribution in [2.45, 2.75) is 6.92 Å². The zero-order chi connectivity index (χ0) is 6.85. The van der Waals surface area contributed by atoms with E-state index in [2.05, 4.69) is 6.07 Å². The molecule has 1 aromatic carbocycles. The Morgan fingerprint density at radius 1 is 1.60 bits per heavy atom. The fourth-order valence-electron chi connectivity index (χ4n) is 0.614. The van der Waals surface area contributed by atoms with Crippen molar-refractivity contribution in [3.05, 3.63) is 23.8 Å². The molecule has 0 saturated heterocycles. The number of hydrogen-bond donors (Lipinski definition) is 2. The first-order chi connectivity index (χ1) is 4.20. The van der Waals surface area contributed by atoms with E-state index in [9.17, 15) is 0 Å². The van der Waals surface area contributed by atoms with E-state index in [1.54, 1.807) is 6.07 Å². The predicted octanol–water partition coefficient (Wildman–Crippen LogP) is 1.08. The Balaban J connectivity index is 0.000000810. The third-order valence-corrected chi connectivity index (χ3v) is 1.10. The molecule has 1 aromatic rings. The van der Waals surface area contributed by atoms with Crippen molar-refractivity contribution in [2.75, 3.05) is 5.73 Å². The molecule has 0 aliphatic heterocycles. The normalized spacial score (nSPS) is 8.50. The van der Waals surface area contributed by atoms with Crippen molar-refractivity contribution in [3.8, 4) is 5.75 Å². The Morgan fingerprint density at radius 2 is 2.20 bits per heavy atom. The molecule has 0 saturated carbocycles. The molecule has 0 fully saturated rings. The van der Waals surface area contributed by atoms with Gasteiger partial charge >= 0.3 is 0 Å².